The summed E-state index contributed by atoms with van der Waals surface area (Å²) >= 11 is 0. The van der Waals surface area contributed by atoms with Gasteiger partial charge in [0.15, 0.2) is 0 Å². The maximum atomic E-state index is 4.88. The van der Waals surface area contributed by atoms with Crippen molar-refractivity contribution >= 4 is 0 Å². The number of hydrogen-bond donors (Lipinski definition) is 1. The molecule has 1 aliphatic carbocycles. The molecule has 2 atom stereocenters. The molecule has 1 aromatic rings. The van der Waals surface area contributed by atoms with E-state index in [0.29, 0.717) is 17.5 Å². The highest BCUT2D eigenvalue weighted by atomic mass is 15.3. The molecule has 0 radical (unpaired) electrons. The number of nitrogens with zero attached hydrogens (tertiary/aromatic N) is 2. The van der Waals surface area contributed by atoms with E-state index in [9.17, 15) is 0 Å². The Morgan fingerprint density at radius 1 is 1.30 bits per heavy atom. The summed E-state index contributed by atoms with van der Waals surface area (Å²) in [5, 5.41) is 8.56. The predicted octanol–water partition coefficient (Wildman–Crippen LogP) is 3.79. The van der Waals surface area contributed by atoms with Gasteiger partial charge in [0.2, 0.25) is 0 Å². The van der Waals surface area contributed by atoms with Crippen molar-refractivity contribution in [1.82, 2.24) is 15.1 Å². The zero-order valence-electron chi connectivity index (χ0n) is 14.1. The van der Waals surface area contributed by atoms with Gasteiger partial charge in [-0.2, -0.15) is 5.10 Å². The molecule has 0 bridgehead atoms. The minimum atomic E-state index is 0.426. The average Bonchev–Trinajstić information content (AvgIpc) is 2.66. The summed E-state index contributed by atoms with van der Waals surface area (Å²) in [6.45, 7) is 14.7. The van der Waals surface area contributed by atoms with Crippen LogP contribution in [0.4, 0.5) is 0 Å². The molecule has 1 aromatic heterocycles. The Morgan fingerprint density at radius 2 is 2.00 bits per heavy atom. The fraction of sp³-hybridized carbons (Fsp3) is 0.824. The Kier molecular flexibility index (Phi) is 4.58. The van der Waals surface area contributed by atoms with E-state index >= 15 is 0 Å². The quantitative estimate of drug-likeness (QED) is 0.907. The summed E-state index contributed by atoms with van der Waals surface area (Å²) in [6, 6.07) is 1.06. The Labute approximate surface area is 124 Å². The Morgan fingerprint density at radius 3 is 2.55 bits per heavy atom. The van der Waals surface area contributed by atoms with Gasteiger partial charge in [-0.1, -0.05) is 27.7 Å². The summed E-state index contributed by atoms with van der Waals surface area (Å²) in [6.07, 6.45) is 4.86. The van der Waals surface area contributed by atoms with E-state index in [1.807, 2.05) is 0 Å². The van der Waals surface area contributed by atoms with Crippen molar-refractivity contribution in [2.24, 2.45) is 5.41 Å². The molecular weight excluding hydrogens is 246 g/mol. The monoisotopic (exact) mass is 277 g/mol. The van der Waals surface area contributed by atoms with Crippen LogP contribution in [0.15, 0.2) is 0 Å². The maximum absolute atomic E-state index is 4.88. The van der Waals surface area contributed by atoms with E-state index in [-0.39, 0.29) is 0 Å². The van der Waals surface area contributed by atoms with Gasteiger partial charge in [-0.25, -0.2) is 0 Å². The molecule has 0 amide bonds. The lowest BCUT2D eigenvalue weighted by Crippen LogP contribution is -2.44. The van der Waals surface area contributed by atoms with Crippen LogP contribution in [0.2, 0.25) is 0 Å². The molecule has 114 valence electrons. The molecule has 0 saturated heterocycles. The van der Waals surface area contributed by atoms with E-state index in [1.165, 1.54) is 36.2 Å². The standard InChI is InChI=1S/C17H31N3/c1-7-14-12(3)19-20(13(14)4)16-11-17(5,6)10-9-15(16)18-8-2/h15-16,18H,7-11H2,1-6H3. The normalized spacial score (nSPS) is 25.9. The van der Waals surface area contributed by atoms with Gasteiger partial charge in [0, 0.05) is 11.7 Å². The van der Waals surface area contributed by atoms with Gasteiger partial charge >= 0.3 is 0 Å². The van der Waals surface area contributed by atoms with Gasteiger partial charge in [0.25, 0.3) is 0 Å². The third-order valence-corrected chi connectivity index (χ3v) is 4.97. The zero-order chi connectivity index (χ0) is 14.9. The third-order valence-electron chi connectivity index (χ3n) is 4.97. The number of aromatic nitrogens is 2. The van der Waals surface area contributed by atoms with Crippen molar-refractivity contribution in [2.75, 3.05) is 6.54 Å². The van der Waals surface area contributed by atoms with Gasteiger partial charge < -0.3 is 5.32 Å². The van der Waals surface area contributed by atoms with Crippen molar-refractivity contribution in [3.8, 4) is 0 Å². The molecule has 1 heterocycles. The van der Waals surface area contributed by atoms with E-state index in [4.69, 9.17) is 5.10 Å². The van der Waals surface area contributed by atoms with Gasteiger partial charge in [0.1, 0.15) is 0 Å². The smallest absolute Gasteiger partial charge is 0.0680 e. The van der Waals surface area contributed by atoms with E-state index in [2.05, 4.69) is 51.5 Å². The molecule has 1 aliphatic rings. The summed E-state index contributed by atoms with van der Waals surface area (Å²) in [5.41, 5.74) is 4.44. The molecule has 1 saturated carbocycles. The molecule has 2 rings (SSSR count). The first-order chi connectivity index (χ1) is 9.39. The van der Waals surface area contributed by atoms with Crippen LogP contribution in [0.3, 0.4) is 0 Å². The first kappa shape index (κ1) is 15.6. The van der Waals surface area contributed by atoms with Crippen LogP contribution in [0, 0.1) is 19.3 Å². The Hall–Kier alpha value is -0.830. The van der Waals surface area contributed by atoms with Crippen LogP contribution >= 0.6 is 0 Å². The lowest BCUT2D eigenvalue weighted by molar-refractivity contribution is 0.133. The Balaban J connectivity index is 2.35. The fourth-order valence-electron chi connectivity index (χ4n) is 3.84. The first-order valence-corrected chi connectivity index (χ1v) is 8.17. The molecule has 2 unspecified atom stereocenters. The van der Waals surface area contributed by atoms with Crippen LogP contribution in [0.5, 0.6) is 0 Å². The molecule has 0 aromatic carbocycles. The van der Waals surface area contributed by atoms with Crippen molar-refractivity contribution in [1.29, 1.82) is 0 Å². The number of hydrogen-bond acceptors (Lipinski definition) is 2. The summed E-state index contributed by atoms with van der Waals surface area (Å²) < 4.78 is 2.32. The average molecular weight is 277 g/mol. The number of aryl methyl sites for hydroxylation is 1. The summed E-state index contributed by atoms with van der Waals surface area (Å²) in [7, 11) is 0. The highest BCUT2D eigenvalue weighted by molar-refractivity contribution is 5.25. The lowest BCUT2D eigenvalue weighted by Gasteiger charge is -2.41. The Bertz CT molecular complexity index is 459. The highest BCUT2D eigenvalue weighted by Gasteiger charge is 2.36. The molecule has 1 fully saturated rings. The van der Waals surface area contributed by atoms with E-state index in [0.717, 1.165) is 13.0 Å². The molecule has 0 spiro atoms. The lowest BCUT2D eigenvalue weighted by atomic mass is 9.73. The van der Waals surface area contributed by atoms with Crippen LogP contribution in [0.1, 0.15) is 70.0 Å². The van der Waals surface area contributed by atoms with Gasteiger partial charge in [-0.15, -0.1) is 0 Å². The molecule has 1 N–H and O–H groups in total. The van der Waals surface area contributed by atoms with Crippen LogP contribution in [0.25, 0.3) is 0 Å². The predicted molar refractivity (Wildman–Crippen MR) is 85.2 cm³/mol. The molecule has 3 heteroatoms. The molecule has 3 nitrogen and oxygen atoms in total. The topological polar surface area (TPSA) is 29.9 Å². The summed E-state index contributed by atoms with van der Waals surface area (Å²) in [5.74, 6) is 0. The first-order valence-electron chi connectivity index (χ1n) is 8.17. The minimum Gasteiger partial charge on any atom is -0.312 e. The van der Waals surface area contributed by atoms with Crippen molar-refractivity contribution in [3.63, 3.8) is 0 Å². The second-order valence-electron chi connectivity index (χ2n) is 7.09. The third kappa shape index (κ3) is 2.93. The van der Waals surface area contributed by atoms with Crippen LogP contribution in [-0.2, 0) is 6.42 Å². The number of nitrogens with one attached hydrogen (secondary N) is 1. The largest absolute Gasteiger partial charge is 0.312 e. The van der Waals surface area contributed by atoms with Crippen molar-refractivity contribution in [2.45, 2.75) is 79.3 Å². The van der Waals surface area contributed by atoms with Crippen molar-refractivity contribution in [3.05, 3.63) is 17.0 Å². The van der Waals surface area contributed by atoms with E-state index in [1.54, 1.807) is 0 Å². The zero-order valence-corrected chi connectivity index (χ0v) is 14.1. The van der Waals surface area contributed by atoms with Gasteiger partial charge in [0.05, 0.1) is 11.7 Å². The highest BCUT2D eigenvalue weighted by Crippen LogP contribution is 2.41. The van der Waals surface area contributed by atoms with Crippen molar-refractivity contribution < 1.29 is 0 Å². The minimum absolute atomic E-state index is 0.426. The summed E-state index contributed by atoms with van der Waals surface area (Å²) in [4.78, 5) is 0. The van der Waals surface area contributed by atoms with E-state index < -0.39 is 0 Å². The SMILES string of the molecule is CCNC1CCC(C)(C)CC1n1nc(C)c(CC)c1C. The number of rotatable bonds is 4. The van der Waals surface area contributed by atoms with Gasteiger partial charge in [-0.3, -0.25) is 4.68 Å². The number of likely N-dealkylation sites (N-methyl/N-ethyl adjacent to an activating group) is 1. The molecule has 20 heavy (non-hydrogen) atoms. The second-order valence-corrected chi connectivity index (χ2v) is 7.09. The van der Waals surface area contributed by atoms with Crippen LogP contribution in [-0.4, -0.2) is 22.4 Å². The second kappa shape index (κ2) is 5.88. The molecule has 0 aliphatic heterocycles. The van der Waals surface area contributed by atoms with Gasteiger partial charge in [-0.05, 0) is 57.1 Å². The maximum Gasteiger partial charge on any atom is 0.0680 e. The molecular formula is C17H31N3. The van der Waals surface area contributed by atoms with Crippen LogP contribution < -0.4 is 5.32 Å². The fourth-order valence-corrected chi connectivity index (χ4v) is 3.84.